The third-order valence-electron chi connectivity index (χ3n) is 4.07. The summed E-state index contributed by atoms with van der Waals surface area (Å²) >= 11 is 0. The van der Waals surface area contributed by atoms with Gasteiger partial charge in [0.2, 0.25) is 17.7 Å². The van der Waals surface area contributed by atoms with Crippen molar-refractivity contribution in [2.45, 2.75) is 38.2 Å². The maximum Gasteiger partial charge on any atom is 0.475 e. The molecule has 164 valence electrons. The molecule has 2 atom stereocenters. The van der Waals surface area contributed by atoms with Gasteiger partial charge in [-0.05, 0) is 18.4 Å². The average Bonchev–Trinajstić information content (AvgIpc) is 2.68. The van der Waals surface area contributed by atoms with Gasteiger partial charge in [-0.1, -0.05) is 30.3 Å². The summed E-state index contributed by atoms with van der Waals surface area (Å²) in [7, 11) is -1.78. The topological polar surface area (TPSA) is 192 Å². The summed E-state index contributed by atoms with van der Waals surface area (Å²) in [4.78, 5) is 39.7. The van der Waals surface area contributed by atoms with Crippen molar-refractivity contribution in [3.05, 3.63) is 35.9 Å². The van der Waals surface area contributed by atoms with Crippen molar-refractivity contribution in [3.8, 4) is 0 Å². The van der Waals surface area contributed by atoms with Crippen LogP contribution < -0.4 is 27.4 Å². The third kappa shape index (κ3) is 10.4. The molecule has 9 N–H and O–H groups in total. The van der Waals surface area contributed by atoms with Gasteiger partial charge < -0.3 is 37.5 Å². The second kappa shape index (κ2) is 13.2. The van der Waals surface area contributed by atoms with E-state index in [2.05, 4.69) is 20.9 Å². The van der Waals surface area contributed by atoms with Crippen molar-refractivity contribution in [1.29, 1.82) is 0 Å². The van der Waals surface area contributed by atoms with Gasteiger partial charge in [0.25, 0.3) is 0 Å². The quantitative estimate of drug-likeness (QED) is 0.0834. The number of amides is 3. The number of nitrogens with zero attached hydrogens (tertiary/aromatic N) is 1. The molecule has 1 rings (SSSR count). The highest BCUT2D eigenvalue weighted by molar-refractivity contribution is 6.43. The molecule has 0 spiro atoms. The minimum Gasteiger partial charge on any atom is -0.426 e. The van der Waals surface area contributed by atoms with Crippen LogP contribution in [-0.4, -0.2) is 65.9 Å². The number of nitrogens with two attached hydrogens (primary N) is 2. The van der Waals surface area contributed by atoms with Crippen LogP contribution in [0.2, 0.25) is 0 Å². The predicted molar refractivity (Wildman–Crippen MR) is 113 cm³/mol. The Bertz CT molecular complexity index is 727. The molecular formula is C18H29BN6O5. The van der Waals surface area contributed by atoms with E-state index in [9.17, 15) is 24.4 Å². The van der Waals surface area contributed by atoms with Crippen LogP contribution in [0.5, 0.6) is 0 Å². The van der Waals surface area contributed by atoms with Crippen LogP contribution in [0.25, 0.3) is 0 Å². The van der Waals surface area contributed by atoms with Crippen LogP contribution in [0.1, 0.15) is 25.3 Å². The van der Waals surface area contributed by atoms with Gasteiger partial charge in [-0.2, -0.15) is 0 Å². The second-order valence-corrected chi connectivity index (χ2v) is 6.70. The van der Waals surface area contributed by atoms with Crippen molar-refractivity contribution in [2.24, 2.45) is 16.5 Å². The molecule has 0 fully saturated rings. The standard InChI is InChI=1S/C18H29BN6O5/c1-12(26)24-14(10-13-6-3-2-4-7-13)17(28)23-11-16(27)25-15(19(29)30)8-5-9-22-18(20)21/h2-4,6-7,14-15,29-30H,5,8-11H2,1H3,(H,23,28)(H,24,26)(H,25,27)(H4,20,21,22)/t14-,15?/m1/s1. The van der Waals surface area contributed by atoms with Gasteiger partial charge in [0.1, 0.15) is 6.04 Å². The fourth-order valence-corrected chi connectivity index (χ4v) is 2.67. The van der Waals surface area contributed by atoms with E-state index in [1.807, 2.05) is 30.3 Å². The zero-order valence-corrected chi connectivity index (χ0v) is 16.9. The van der Waals surface area contributed by atoms with Gasteiger partial charge in [0, 0.05) is 19.9 Å². The van der Waals surface area contributed by atoms with Crippen molar-refractivity contribution in [1.82, 2.24) is 16.0 Å². The predicted octanol–water partition coefficient (Wildman–Crippen LogP) is -2.60. The SMILES string of the molecule is CC(=O)N[C@H](Cc1ccccc1)C(=O)NCC(=O)NC(CCCN=C(N)N)B(O)O. The van der Waals surface area contributed by atoms with Gasteiger partial charge in [-0.25, -0.2) is 0 Å². The number of nitrogens with one attached hydrogen (secondary N) is 3. The van der Waals surface area contributed by atoms with Crippen LogP contribution in [0.15, 0.2) is 35.3 Å². The van der Waals surface area contributed by atoms with E-state index in [-0.39, 0.29) is 37.8 Å². The Labute approximate surface area is 175 Å². The molecule has 1 aromatic carbocycles. The molecular weight excluding hydrogens is 391 g/mol. The Morgan fingerprint density at radius 1 is 1.13 bits per heavy atom. The Hall–Kier alpha value is -3.12. The van der Waals surface area contributed by atoms with Crippen LogP contribution in [-0.2, 0) is 20.8 Å². The number of benzene rings is 1. The van der Waals surface area contributed by atoms with E-state index in [1.165, 1.54) is 6.92 Å². The number of carbonyl (C=O) groups excluding carboxylic acids is 3. The minimum atomic E-state index is -1.78. The van der Waals surface area contributed by atoms with Crippen LogP contribution >= 0.6 is 0 Å². The Kier molecular flexibility index (Phi) is 10.9. The van der Waals surface area contributed by atoms with E-state index in [0.717, 1.165) is 5.56 Å². The molecule has 0 saturated heterocycles. The molecule has 0 aliphatic rings. The van der Waals surface area contributed by atoms with E-state index in [0.29, 0.717) is 6.42 Å². The van der Waals surface area contributed by atoms with E-state index in [4.69, 9.17) is 11.5 Å². The molecule has 3 amide bonds. The van der Waals surface area contributed by atoms with Crippen molar-refractivity contribution < 1.29 is 24.4 Å². The molecule has 12 heteroatoms. The van der Waals surface area contributed by atoms with Crippen molar-refractivity contribution in [2.75, 3.05) is 13.1 Å². The van der Waals surface area contributed by atoms with Gasteiger partial charge in [-0.15, -0.1) is 0 Å². The van der Waals surface area contributed by atoms with E-state index in [1.54, 1.807) is 0 Å². The van der Waals surface area contributed by atoms with Crippen LogP contribution in [0.4, 0.5) is 0 Å². The Balaban J connectivity index is 2.56. The minimum absolute atomic E-state index is 0.0768. The lowest BCUT2D eigenvalue weighted by Gasteiger charge is -2.20. The second-order valence-electron chi connectivity index (χ2n) is 6.70. The maximum absolute atomic E-state index is 12.4. The molecule has 0 aromatic heterocycles. The smallest absolute Gasteiger partial charge is 0.426 e. The Morgan fingerprint density at radius 3 is 2.37 bits per heavy atom. The summed E-state index contributed by atoms with van der Waals surface area (Å²) in [6, 6.07) is 8.27. The number of aliphatic imine (C=N–C) groups is 1. The number of carbonyl (C=O) groups is 3. The summed E-state index contributed by atoms with van der Waals surface area (Å²) in [6.07, 6.45) is 0.891. The molecule has 0 aliphatic carbocycles. The highest BCUT2D eigenvalue weighted by Crippen LogP contribution is 2.04. The number of hydrogen-bond acceptors (Lipinski definition) is 6. The fourth-order valence-electron chi connectivity index (χ4n) is 2.67. The van der Waals surface area contributed by atoms with Gasteiger partial charge in [0.15, 0.2) is 5.96 Å². The normalized spacial score (nSPS) is 12.2. The molecule has 1 aromatic rings. The highest BCUT2D eigenvalue weighted by atomic mass is 16.4. The van der Waals surface area contributed by atoms with Gasteiger partial charge in [-0.3, -0.25) is 19.4 Å². The molecule has 0 bridgehead atoms. The molecule has 0 saturated carbocycles. The Morgan fingerprint density at radius 2 is 1.80 bits per heavy atom. The van der Waals surface area contributed by atoms with Crippen molar-refractivity contribution >= 4 is 30.8 Å². The zero-order valence-electron chi connectivity index (χ0n) is 16.9. The highest BCUT2D eigenvalue weighted by Gasteiger charge is 2.26. The number of rotatable bonds is 12. The monoisotopic (exact) mass is 420 g/mol. The van der Waals surface area contributed by atoms with E-state index >= 15 is 0 Å². The largest absolute Gasteiger partial charge is 0.475 e. The third-order valence-corrected chi connectivity index (χ3v) is 4.07. The average molecular weight is 420 g/mol. The first-order chi connectivity index (χ1) is 14.2. The summed E-state index contributed by atoms with van der Waals surface area (Å²) < 4.78 is 0. The lowest BCUT2D eigenvalue weighted by molar-refractivity contribution is -0.129. The van der Waals surface area contributed by atoms with Gasteiger partial charge in [0.05, 0.1) is 12.5 Å². The van der Waals surface area contributed by atoms with Crippen LogP contribution in [0, 0.1) is 0 Å². The molecule has 0 heterocycles. The van der Waals surface area contributed by atoms with Crippen LogP contribution in [0.3, 0.4) is 0 Å². The first-order valence-electron chi connectivity index (χ1n) is 9.48. The summed E-state index contributed by atoms with van der Waals surface area (Å²) in [5, 5.41) is 26.3. The van der Waals surface area contributed by atoms with E-state index < -0.39 is 30.9 Å². The first-order valence-corrected chi connectivity index (χ1v) is 9.48. The number of guanidine groups is 1. The number of hydrogen-bond donors (Lipinski definition) is 7. The summed E-state index contributed by atoms with van der Waals surface area (Å²) in [6.45, 7) is 1.18. The molecule has 0 aliphatic heterocycles. The molecule has 11 nitrogen and oxygen atoms in total. The molecule has 1 unspecified atom stereocenters. The fraction of sp³-hybridized carbons (Fsp3) is 0.444. The first kappa shape index (κ1) is 24.9. The van der Waals surface area contributed by atoms with Gasteiger partial charge >= 0.3 is 7.12 Å². The lowest BCUT2D eigenvalue weighted by atomic mass is 9.76. The summed E-state index contributed by atoms with van der Waals surface area (Å²) in [5.74, 6) is -2.53. The molecule has 30 heavy (non-hydrogen) atoms. The maximum atomic E-state index is 12.4. The van der Waals surface area contributed by atoms with Crippen molar-refractivity contribution in [3.63, 3.8) is 0 Å². The molecule has 0 radical (unpaired) electrons. The summed E-state index contributed by atoms with van der Waals surface area (Å²) in [5.41, 5.74) is 11.3. The zero-order chi connectivity index (χ0) is 22.5. The lowest BCUT2D eigenvalue weighted by Crippen LogP contribution is -2.52.